The summed E-state index contributed by atoms with van der Waals surface area (Å²) in [5, 5.41) is 24.3. The van der Waals surface area contributed by atoms with Gasteiger partial charge in [-0.05, 0) is 42.0 Å². The number of hydrogen-bond acceptors (Lipinski definition) is 6. The molecule has 0 unspecified atom stereocenters. The van der Waals surface area contributed by atoms with Crippen molar-refractivity contribution in [2.24, 2.45) is 0 Å². The highest BCUT2D eigenvalue weighted by Gasteiger charge is 2.15. The minimum absolute atomic E-state index is 0.0506. The molecule has 8 nitrogen and oxygen atoms in total. The summed E-state index contributed by atoms with van der Waals surface area (Å²) in [6, 6.07) is 9.61. The molecule has 4 N–H and O–H groups in total. The minimum atomic E-state index is -0.890. The van der Waals surface area contributed by atoms with Crippen molar-refractivity contribution in [2.45, 2.75) is 6.54 Å². The van der Waals surface area contributed by atoms with Crippen LogP contribution >= 0.6 is 0 Å². The Balaban J connectivity index is 1.67. The van der Waals surface area contributed by atoms with Crippen LogP contribution in [0.5, 0.6) is 11.5 Å². The molecule has 0 radical (unpaired) electrons. The smallest absolute Gasteiger partial charge is 0.279 e. The number of carbonyl (C=O) groups excluding carboxylic acids is 2. The van der Waals surface area contributed by atoms with Crippen LogP contribution in [0.15, 0.2) is 54.9 Å². The molecule has 3 aromatic rings. The first-order chi connectivity index (χ1) is 13.5. The number of nitrogens with zero attached hydrogens (tertiary/aromatic N) is 2. The molecule has 9 heteroatoms. The van der Waals surface area contributed by atoms with Crippen LogP contribution < -0.4 is 10.6 Å². The summed E-state index contributed by atoms with van der Waals surface area (Å²) in [6.45, 7) is 0.0506. The summed E-state index contributed by atoms with van der Waals surface area (Å²) in [5.74, 6) is -2.99. The van der Waals surface area contributed by atoms with Crippen LogP contribution in [-0.4, -0.2) is 32.0 Å². The summed E-state index contributed by atoms with van der Waals surface area (Å²) in [6.07, 6.45) is 2.80. The number of rotatable bonds is 5. The highest BCUT2D eigenvalue weighted by Crippen LogP contribution is 2.20. The normalized spacial score (nSPS) is 10.3. The van der Waals surface area contributed by atoms with E-state index in [-0.39, 0.29) is 29.4 Å². The van der Waals surface area contributed by atoms with Gasteiger partial charge in [0.2, 0.25) is 0 Å². The van der Waals surface area contributed by atoms with Crippen molar-refractivity contribution in [2.75, 3.05) is 5.32 Å². The Bertz CT molecular complexity index is 1040. The first-order valence-electron chi connectivity index (χ1n) is 8.11. The molecule has 3 rings (SSSR count). The van der Waals surface area contributed by atoms with Gasteiger partial charge in [-0.3, -0.25) is 9.59 Å². The fourth-order valence-electron chi connectivity index (χ4n) is 2.38. The maximum Gasteiger partial charge on any atom is 0.279 e. The van der Waals surface area contributed by atoms with Crippen molar-refractivity contribution in [3.63, 3.8) is 0 Å². The Kier molecular flexibility index (Phi) is 5.45. The van der Waals surface area contributed by atoms with Gasteiger partial charge >= 0.3 is 0 Å². The summed E-state index contributed by atoms with van der Waals surface area (Å²) in [7, 11) is 0. The zero-order valence-corrected chi connectivity index (χ0v) is 14.4. The molecule has 2 aromatic heterocycles. The van der Waals surface area contributed by atoms with E-state index in [0.717, 1.165) is 6.07 Å². The van der Waals surface area contributed by atoms with E-state index < -0.39 is 23.4 Å². The van der Waals surface area contributed by atoms with Crippen molar-refractivity contribution in [3.8, 4) is 11.5 Å². The van der Waals surface area contributed by atoms with E-state index in [1.54, 1.807) is 6.07 Å². The second-order valence-electron chi connectivity index (χ2n) is 5.69. The van der Waals surface area contributed by atoms with Crippen LogP contribution in [0.4, 0.5) is 10.2 Å². The minimum Gasteiger partial charge on any atom is -0.505 e. The number of para-hydroxylation sites is 1. The molecule has 0 fully saturated rings. The van der Waals surface area contributed by atoms with E-state index >= 15 is 0 Å². The second kappa shape index (κ2) is 8.12. The van der Waals surface area contributed by atoms with Gasteiger partial charge < -0.3 is 20.8 Å². The van der Waals surface area contributed by atoms with E-state index in [4.69, 9.17) is 0 Å². The van der Waals surface area contributed by atoms with Crippen molar-refractivity contribution in [1.82, 2.24) is 15.3 Å². The molecule has 0 spiro atoms. The number of phenols is 1. The van der Waals surface area contributed by atoms with Crippen molar-refractivity contribution in [1.29, 1.82) is 0 Å². The molecule has 0 aliphatic heterocycles. The van der Waals surface area contributed by atoms with Crippen molar-refractivity contribution >= 4 is 17.6 Å². The number of aromatic nitrogens is 2. The van der Waals surface area contributed by atoms with E-state index in [1.165, 1.54) is 42.7 Å². The van der Waals surface area contributed by atoms with Gasteiger partial charge in [-0.1, -0.05) is 6.07 Å². The van der Waals surface area contributed by atoms with Gasteiger partial charge in [0.25, 0.3) is 11.8 Å². The standard InChI is InChI=1S/C19H15FN4O4/c20-13-4-1-3-12(17(13)26)18(27)23-10-11-6-8-21-15(9-11)24-19(28)16-14(25)5-2-7-22-16/h1-9,25-26H,10H2,(H,23,27)(H,21,24,28). The molecule has 1 aromatic carbocycles. The number of nitrogens with one attached hydrogen (secondary N) is 2. The van der Waals surface area contributed by atoms with Crippen LogP contribution in [0, 0.1) is 5.82 Å². The third kappa shape index (κ3) is 4.21. The monoisotopic (exact) mass is 382 g/mol. The molecule has 28 heavy (non-hydrogen) atoms. The average Bonchev–Trinajstić information content (AvgIpc) is 2.69. The number of halogens is 1. The number of benzene rings is 1. The molecule has 0 aliphatic carbocycles. The summed E-state index contributed by atoms with van der Waals surface area (Å²) in [4.78, 5) is 32.1. The highest BCUT2D eigenvalue weighted by molar-refractivity contribution is 6.04. The number of hydrogen-bond donors (Lipinski definition) is 4. The Morgan fingerprint density at radius 3 is 2.61 bits per heavy atom. The second-order valence-corrected chi connectivity index (χ2v) is 5.69. The average molecular weight is 382 g/mol. The molecule has 0 aliphatic rings. The SMILES string of the molecule is O=C(NCc1ccnc(NC(=O)c2ncccc2O)c1)c1cccc(F)c1O. The largest absolute Gasteiger partial charge is 0.505 e. The Hall–Kier alpha value is -4.01. The summed E-state index contributed by atoms with van der Waals surface area (Å²) < 4.78 is 13.3. The van der Waals surface area contributed by atoms with E-state index in [2.05, 4.69) is 20.6 Å². The number of aromatic hydroxyl groups is 2. The van der Waals surface area contributed by atoms with Gasteiger partial charge in [0.1, 0.15) is 11.6 Å². The van der Waals surface area contributed by atoms with Crippen LogP contribution in [0.1, 0.15) is 26.4 Å². The summed E-state index contributed by atoms with van der Waals surface area (Å²) >= 11 is 0. The van der Waals surface area contributed by atoms with Gasteiger partial charge in [-0.25, -0.2) is 14.4 Å². The quantitative estimate of drug-likeness (QED) is 0.536. The number of anilines is 1. The van der Waals surface area contributed by atoms with Crippen LogP contribution in [0.2, 0.25) is 0 Å². The Morgan fingerprint density at radius 1 is 1.00 bits per heavy atom. The Morgan fingerprint density at radius 2 is 1.82 bits per heavy atom. The van der Waals surface area contributed by atoms with E-state index in [0.29, 0.717) is 5.56 Å². The Labute approximate surface area is 158 Å². The molecular weight excluding hydrogens is 367 g/mol. The molecular formula is C19H15FN4O4. The van der Waals surface area contributed by atoms with E-state index in [1.807, 2.05) is 0 Å². The predicted octanol–water partition coefficient (Wildman–Crippen LogP) is 2.21. The fourth-order valence-corrected chi connectivity index (χ4v) is 2.38. The maximum atomic E-state index is 13.3. The topological polar surface area (TPSA) is 124 Å². The maximum absolute atomic E-state index is 13.3. The molecule has 0 atom stereocenters. The lowest BCUT2D eigenvalue weighted by Gasteiger charge is -2.09. The lowest BCUT2D eigenvalue weighted by Crippen LogP contribution is -2.23. The third-order valence-corrected chi connectivity index (χ3v) is 3.75. The number of amides is 2. The number of phenolic OH excluding ortho intramolecular Hbond substituents is 1. The van der Waals surface area contributed by atoms with Crippen molar-refractivity contribution in [3.05, 3.63) is 77.5 Å². The molecule has 2 amide bonds. The van der Waals surface area contributed by atoms with Crippen molar-refractivity contribution < 1.29 is 24.2 Å². The van der Waals surface area contributed by atoms with Gasteiger partial charge in [0.05, 0.1) is 5.56 Å². The van der Waals surface area contributed by atoms with Crippen LogP contribution in [-0.2, 0) is 6.54 Å². The van der Waals surface area contributed by atoms with Crippen LogP contribution in [0.25, 0.3) is 0 Å². The van der Waals surface area contributed by atoms with Gasteiger partial charge in [0.15, 0.2) is 17.3 Å². The first-order valence-corrected chi connectivity index (χ1v) is 8.11. The molecule has 142 valence electrons. The molecule has 2 heterocycles. The highest BCUT2D eigenvalue weighted by atomic mass is 19.1. The van der Waals surface area contributed by atoms with E-state index in [9.17, 15) is 24.2 Å². The van der Waals surface area contributed by atoms with Gasteiger partial charge in [-0.15, -0.1) is 0 Å². The molecule has 0 saturated carbocycles. The number of carbonyl (C=O) groups is 2. The van der Waals surface area contributed by atoms with Gasteiger partial charge in [0, 0.05) is 18.9 Å². The number of pyridine rings is 2. The van der Waals surface area contributed by atoms with Gasteiger partial charge in [-0.2, -0.15) is 0 Å². The molecule has 0 saturated heterocycles. The zero-order valence-electron chi connectivity index (χ0n) is 14.4. The predicted molar refractivity (Wildman–Crippen MR) is 97.3 cm³/mol. The lowest BCUT2D eigenvalue weighted by molar-refractivity contribution is 0.0946. The fraction of sp³-hybridized carbons (Fsp3) is 0.0526. The summed E-state index contributed by atoms with van der Waals surface area (Å²) in [5.41, 5.74) is 0.262. The first kappa shape index (κ1) is 18.8. The third-order valence-electron chi connectivity index (χ3n) is 3.75. The van der Waals surface area contributed by atoms with Crippen LogP contribution in [0.3, 0.4) is 0 Å². The zero-order chi connectivity index (χ0) is 20.1. The molecule has 0 bridgehead atoms. The lowest BCUT2D eigenvalue weighted by atomic mass is 10.1.